The van der Waals surface area contributed by atoms with Crippen LogP contribution in [0.15, 0.2) is 17.7 Å². The predicted octanol–water partition coefficient (Wildman–Crippen LogP) is 4.02. The molecule has 2 rings (SSSR count). The SMILES string of the molecule is CCCCNCc1cc2c(cc1Cl)C=C(C(=O)O)C(C(F)(F)F)O2. The number of carbonyl (C=O) groups is 1. The molecule has 0 bridgehead atoms. The second-order valence-corrected chi connectivity index (χ2v) is 5.86. The number of fused-ring (bicyclic) bond motifs is 1. The summed E-state index contributed by atoms with van der Waals surface area (Å²) in [6.07, 6.45) is -4.37. The van der Waals surface area contributed by atoms with Crippen LogP contribution in [-0.2, 0) is 11.3 Å². The molecule has 0 fully saturated rings. The zero-order valence-corrected chi connectivity index (χ0v) is 13.7. The van der Waals surface area contributed by atoms with Gasteiger partial charge < -0.3 is 15.2 Å². The Morgan fingerprint density at radius 1 is 1.42 bits per heavy atom. The van der Waals surface area contributed by atoms with Crippen LogP contribution in [0.25, 0.3) is 6.08 Å². The molecule has 1 aromatic rings. The van der Waals surface area contributed by atoms with Crippen LogP contribution < -0.4 is 10.1 Å². The molecule has 1 aliphatic heterocycles. The molecule has 2 N–H and O–H groups in total. The van der Waals surface area contributed by atoms with Crippen molar-refractivity contribution in [1.29, 1.82) is 0 Å². The third-order valence-electron chi connectivity index (χ3n) is 3.58. The number of alkyl halides is 3. The summed E-state index contributed by atoms with van der Waals surface area (Å²) in [5.41, 5.74) is -0.0466. The molecule has 1 atom stereocenters. The normalized spacial score (nSPS) is 17.0. The molecular formula is C16H17ClF3NO3. The van der Waals surface area contributed by atoms with Gasteiger partial charge in [0.2, 0.25) is 6.10 Å². The van der Waals surface area contributed by atoms with E-state index in [1.165, 1.54) is 12.1 Å². The second kappa shape index (κ2) is 7.44. The van der Waals surface area contributed by atoms with Gasteiger partial charge in [-0.25, -0.2) is 4.79 Å². The number of halogens is 4. The van der Waals surface area contributed by atoms with E-state index in [-0.39, 0.29) is 11.3 Å². The monoisotopic (exact) mass is 363 g/mol. The highest BCUT2D eigenvalue weighted by atomic mass is 35.5. The molecule has 0 radical (unpaired) electrons. The van der Waals surface area contributed by atoms with Gasteiger partial charge in [0.25, 0.3) is 0 Å². The first-order valence-corrected chi connectivity index (χ1v) is 7.83. The number of hydrogen-bond donors (Lipinski definition) is 2. The van der Waals surface area contributed by atoms with E-state index in [1.807, 2.05) is 6.92 Å². The van der Waals surface area contributed by atoms with Crippen molar-refractivity contribution in [2.75, 3.05) is 6.54 Å². The van der Waals surface area contributed by atoms with E-state index >= 15 is 0 Å². The van der Waals surface area contributed by atoms with Crippen LogP contribution in [0.5, 0.6) is 5.75 Å². The zero-order chi connectivity index (χ0) is 17.9. The lowest BCUT2D eigenvalue weighted by Crippen LogP contribution is -2.40. The van der Waals surface area contributed by atoms with E-state index in [2.05, 4.69) is 5.32 Å². The van der Waals surface area contributed by atoms with Crippen molar-refractivity contribution in [2.24, 2.45) is 0 Å². The molecule has 24 heavy (non-hydrogen) atoms. The van der Waals surface area contributed by atoms with Gasteiger partial charge in [-0.3, -0.25) is 0 Å². The zero-order valence-electron chi connectivity index (χ0n) is 12.9. The Morgan fingerprint density at radius 2 is 2.12 bits per heavy atom. The van der Waals surface area contributed by atoms with Gasteiger partial charge in [0.05, 0.1) is 5.57 Å². The molecule has 1 aromatic carbocycles. The minimum absolute atomic E-state index is 0.0287. The van der Waals surface area contributed by atoms with Crippen LogP contribution in [0.1, 0.15) is 30.9 Å². The number of unbranched alkanes of at least 4 members (excludes halogenated alkanes) is 1. The van der Waals surface area contributed by atoms with E-state index in [0.717, 1.165) is 25.5 Å². The minimum atomic E-state index is -4.82. The standard InChI is InChI=1S/C16H17ClF3NO3/c1-2-3-4-21-8-10-7-13-9(6-12(10)17)5-11(15(22)23)14(24-13)16(18,19)20/h5-7,14,21H,2-4,8H2,1H3,(H,22,23). The Balaban J connectivity index is 2.31. The Kier molecular flexibility index (Phi) is 5.77. The van der Waals surface area contributed by atoms with Crippen LogP contribution in [-0.4, -0.2) is 29.9 Å². The maximum atomic E-state index is 13.0. The molecule has 0 aliphatic carbocycles. The molecule has 8 heteroatoms. The van der Waals surface area contributed by atoms with Crippen LogP contribution >= 0.6 is 11.6 Å². The molecule has 0 saturated carbocycles. The highest BCUT2D eigenvalue weighted by Gasteiger charge is 2.48. The summed E-state index contributed by atoms with van der Waals surface area (Å²) in [7, 11) is 0. The summed E-state index contributed by atoms with van der Waals surface area (Å²) in [6, 6.07) is 2.84. The molecule has 0 spiro atoms. The highest BCUT2D eigenvalue weighted by Crippen LogP contribution is 2.39. The van der Waals surface area contributed by atoms with Gasteiger partial charge in [-0.05, 0) is 36.7 Å². The fourth-order valence-electron chi connectivity index (χ4n) is 2.34. The number of ether oxygens (including phenoxy) is 1. The lowest BCUT2D eigenvalue weighted by molar-refractivity contribution is -0.187. The minimum Gasteiger partial charge on any atom is -0.478 e. The van der Waals surface area contributed by atoms with Gasteiger partial charge in [-0.1, -0.05) is 24.9 Å². The average molecular weight is 364 g/mol. The Labute approximate surface area is 142 Å². The summed E-state index contributed by atoms with van der Waals surface area (Å²) in [4.78, 5) is 11.1. The van der Waals surface area contributed by atoms with E-state index < -0.39 is 23.8 Å². The van der Waals surface area contributed by atoms with Crippen molar-refractivity contribution in [1.82, 2.24) is 5.32 Å². The van der Waals surface area contributed by atoms with Crippen molar-refractivity contribution in [3.63, 3.8) is 0 Å². The van der Waals surface area contributed by atoms with E-state index in [1.54, 1.807) is 0 Å². The Bertz CT molecular complexity index is 659. The molecule has 0 aromatic heterocycles. The average Bonchev–Trinajstić information content (AvgIpc) is 2.49. The highest BCUT2D eigenvalue weighted by molar-refractivity contribution is 6.31. The Hall–Kier alpha value is -1.73. The number of carboxylic acids is 1. The van der Waals surface area contributed by atoms with Crippen molar-refractivity contribution < 1.29 is 27.8 Å². The lowest BCUT2D eigenvalue weighted by atomic mass is 10.00. The second-order valence-electron chi connectivity index (χ2n) is 5.46. The van der Waals surface area contributed by atoms with Crippen molar-refractivity contribution >= 4 is 23.6 Å². The van der Waals surface area contributed by atoms with Crippen molar-refractivity contribution in [3.8, 4) is 5.75 Å². The number of rotatable bonds is 6. The van der Waals surface area contributed by atoms with E-state index in [4.69, 9.17) is 21.4 Å². The fourth-order valence-corrected chi connectivity index (χ4v) is 2.58. The smallest absolute Gasteiger partial charge is 0.430 e. The first-order chi connectivity index (χ1) is 11.2. The summed E-state index contributed by atoms with van der Waals surface area (Å²) >= 11 is 6.13. The Morgan fingerprint density at radius 3 is 2.71 bits per heavy atom. The number of carboxylic acid groups (broad SMARTS) is 1. The van der Waals surface area contributed by atoms with Crippen molar-refractivity contribution in [2.45, 2.75) is 38.6 Å². The molecule has 4 nitrogen and oxygen atoms in total. The lowest BCUT2D eigenvalue weighted by Gasteiger charge is -2.27. The third-order valence-corrected chi connectivity index (χ3v) is 3.94. The molecule has 1 aliphatic rings. The maximum Gasteiger partial charge on any atom is 0.430 e. The van der Waals surface area contributed by atoms with Gasteiger partial charge >= 0.3 is 12.1 Å². The van der Waals surface area contributed by atoms with Crippen LogP contribution in [0.2, 0.25) is 5.02 Å². The summed E-state index contributed by atoms with van der Waals surface area (Å²) in [6.45, 7) is 3.20. The molecule has 0 amide bonds. The molecule has 0 saturated heterocycles. The molecule has 1 heterocycles. The van der Waals surface area contributed by atoms with Crippen LogP contribution in [0, 0.1) is 0 Å². The van der Waals surface area contributed by atoms with Crippen LogP contribution in [0.3, 0.4) is 0 Å². The summed E-state index contributed by atoms with van der Waals surface area (Å²) in [5.74, 6) is -1.71. The molecule has 132 valence electrons. The van der Waals surface area contributed by atoms with Gasteiger partial charge in [0, 0.05) is 17.1 Å². The topological polar surface area (TPSA) is 58.6 Å². The first-order valence-electron chi connectivity index (χ1n) is 7.45. The van der Waals surface area contributed by atoms with Gasteiger partial charge in [-0.15, -0.1) is 0 Å². The van der Waals surface area contributed by atoms with Gasteiger partial charge in [0.1, 0.15) is 5.75 Å². The maximum absolute atomic E-state index is 13.0. The van der Waals surface area contributed by atoms with E-state index in [9.17, 15) is 18.0 Å². The molecular weight excluding hydrogens is 347 g/mol. The predicted molar refractivity (Wildman–Crippen MR) is 84.2 cm³/mol. The van der Waals surface area contributed by atoms with E-state index in [0.29, 0.717) is 17.1 Å². The summed E-state index contributed by atoms with van der Waals surface area (Å²) < 4.78 is 44.1. The fraction of sp³-hybridized carbons (Fsp3) is 0.438. The molecule has 1 unspecified atom stereocenters. The van der Waals surface area contributed by atoms with Crippen LogP contribution in [0.4, 0.5) is 13.2 Å². The number of aliphatic carboxylic acids is 1. The largest absolute Gasteiger partial charge is 0.478 e. The van der Waals surface area contributed by atoms with Crippen molar-refractivity contribution in [3.05, 3.63) is 33.9 Å². The quantitative estimate of drug-likeness (QED) is 0.749. The van der Waals surface area contributed by atoms with Gasteiger partial charge in [0.15, 0.2) is 0 Å². The first kappa shape index (κ1) is 18.6. The number of nitrogens with one attached hydrogen (secondary N) is 1. The van der Waals surface area contributed by atoms with Gasteiger partial charge in [-0.2, -0.15) is 13.2 Å². The third kappa shape index (κ3) is 4.21. The number of hydrogen-bond acceptors (Lipinski definition) is 3. The number of benzene rings is 1. The summed E-state index contributed by atoms with van der Waals surface area (Å²) in [5, 5.41) is 12.5.